The molecule has 0 N–H and O–H groups in total. The predicted octanol–water partition coefficient (Wildman–Crippen LogP) is 2.86. The van der Waals surface area contributed by atoms with E-state index in [2.05, 4.69) is 66.0 Å². The molecule has 0 fully saturated rings. The maximum atomic E-state index is 2.33. The fourth-order valence-corrected chi connectivity index (χ4v) is 3.34. The molecule has 1 aromatic heterocycles. The van der Waals surface area contributed by atoms with E-state index in [1.807, 2.05) is 0 Å². The van der Waals surface area contributed by atoms with Crippen LogP contribution in [0.2, 0.25) is 0 Å². The molecule has 1 heterocycles. The summed E-state index contributed by atoms with van der Waals surface area (Å²) in [5.74, 6) is 0. The molecule has 0 aliphatic carbocycles. The second-order valence-corrected chi connectivity index (χ2v) is 6.87. The molecular formula is C22H35IN2. The van der Waals surface area contributed by atoms with Gasteiger partial charge >= 0.3 is 0 Å². The molecule has 0 atom stereocenters. The fourth-order valence-electron chi connectivity index (χ4n) is 3.34. The minimum Gasteiger partial charge on any atom is -1.00 e. The molecule has 25 heavy (non-hydrogen) atoms. The zero-order chi connectivity index (χ0) is 17.0. The third kappa shape index (κ3) is 7.93. The van der Waals surface area contributed by atoms with E-state index in [1.165, 1.54) is 69.0 Å². The third-order valence-electron chi connectivity index (χ3n) is 4.86. The summed E-state index contributed by atoms with van der Waals surface area (Å²) in [5.41, 5.74) is 2.72. The van der Waals surface area contributed by atoms with Crippen LogP contribution in [0.4, 0.5) is 0 Å². The van der Waals surface area contributed by atoms with Crippen LogP contribution in [-0.2, 0) is 13.0 Å². The van der Waals surface area contributed by atoms with Crippen molar-refractivity contribution in [1.29, 1.82) is 0 Å². The highest BCUT2D eigenvalue weighted by Crippen LogP contribution is 2.14. The molecule has 0 saturated carbocycles. The Kier molecular flexibility index (Phi) is 11.9. The molecular weight excluding hydrogens is 419 g/mol. The van der Waals surface area contributed by atoms with Gasteiger partial charge in [-0.3, -0.25) is 0 Å². The van der Waals surface area contributed by atoms with Gasteiger partial charge in [-0.1, -0.05) is 77.0 Å². The summed E-state index contributed by atoms with van der Waals surface area (Å²) in [5, 5.41) is 0. The quantitative estimate of drug-likeness (QED) is 0.265. The summed E-state index contributed by atoms with van der Waals surface area (Å²) in [4.78, 5) is 0. The molecule has 2 nitrogen and oxygen atoms in total. The third-order valence-corrected chi connectivity index (χ3v) is 4.86. The lowest BCUT2D eigenvalue weighted by Gasteiger charge is -2.02. The van der Waals surface area contributed by atoms with Crippen molar-refractivity contribution in [3.05, 3.63) is 48.5 Å². The Morgan fingerprint density at radius 1 is 0.840 bits per heavy atom. The second-order valence-electron chi connectivity index (χ2n) is 6.87. The largest absolute Gasteiger partial charge is 1.00 e. The van der Waals surface area contributed by atoms with Crippen molar-refractivity contribution in [2.75, 3.05) is 0 Å². The molecule has 2 aromatic rings. The standard InChI is InChI=1S/C22H35N2.HI/c1-3-5-6-7-8-9-10-11-14-17-23-18-19-24(20-23)22-16-13-12-15-21(22)4-2;/h12-13,15-16,18-20H,3-11,14,17H2,1-2H3;1H/q+1;/p-1. The van der Waals surface area contributed by atoms with E-state index in [9.17, 15) is 0 Å². The summed E-state index contributed by atoms with van der Waals surface area (Å²) >= 11 is 0. The van der Waals surface area contributed by atoms with Crippen LogP contribution in [0.5, 0.6) is 0 Å². The van der Waals surface area contributed by atoms with Crippen molar-refractivity contribution in [1.82, 2.24) is 4.57 Å². The average Bonchev–Trinajstić information content (AvgIpc) is 3.09. The molecule has 3 heteroatoms. The maximum Gasteiger partial charge on any atom is 0.248 e. The Bertz CT molecular complexity index is 577. The molecule has 0 aliphatic rings. The van der Waals surface area contributed by atoms with Crippen molar-refractivity contribution < 1.29 is 28.5 Å². The first kappa shape index (κ1) is 22.2. The van der Waals surface area contributed by atoms with E-state index in [1.54, 1.807) is 0 Å². The monoisotopic (exact) mass is 454 g/mol. The van der Waals surface area contributed by atoms with E-state index >= 15 is 0 Å². The van der Waals surface area contributed by atoms with E-state index in [0.29, 0.717) is 0 Å². The number of imidazole rings is 1. The van der Waals surface area contributed by atoms with Gasteiger partial charge in [-0.2, -0.15) is 0 Å². The van der Waals surface area contributed by atoms with Crippen molar-refractivity contribution in [2.45, 2.75) is 84.6 Å². The van der Waals surface area contributed by atoms with Crippen LogP contribution in [0.15, 0.2) is 43.0 Å². The van der Waals surface area contributed by atoms with E-state index in [-0.39, 0.29) is 24.0 Å². The lowest BCUT2D eigenvalue weighted by Crippen LogP contribution is -3.00. The van der Waals surface area contributed by atoms with E-state index in [0.717, 1.165) is 13.0 Å². The molecule has 140 valence electrons. The zero-order valence-electron chi connectivity index (χ0n) is 16.1. The SMILES string of the molecule is CCCCCCCCCCC[n+]1ccn(-c2ccccc2CC)c1.[I-]. The van der Waals surface area contributed by atoms with Gasteiger partial charge in [-0.15, -0.1) is 0 Å². The first-order valence-corrected chi connectivity index (χ1v) is 10.0. The number of aromatic nitrogens is 2. The van der Waals surface area contributed by atoms with Gasteiger partial charge in [0.15, 0.2) is 0 Å². The van der Waals surface area contributed by atoms with Gasteiger partial charge in [0.1, 0.15) is 18.1 Å². The highest BCUT2D eigenvalue weighted by Gasteiger charge is 2.09. The number of hydrogen-bond acceptors (Lipinski definition) is 0. The highest BCUT2D eigenvalue weighted by atomic mass is 127. The van der Waals surface area contributed by atoms with Crippen LogP contribution in [-0.4, -0.2) is 4.57 Å². The number of unbranched alkanes of at least 4 members (excludes halogenated alkanes) is 8. The number of hydrogen-bond donors (Lipinski definition) is 0. The van der Waals surface area contributed by atoms with Crippen molar-refractivity contribution in [3.63, 3.8) is 0 Å². The van der Waals surface area contributed by atoms with E-state index < -0.39 is 0 Å². The average molecular weight is 454 g/mol. The molecule has 0 bridgehead atoms. The topological polar surface area (TPSA) is 8.81 Å². The smallest absolute Gasteiger partial charge is 0.248 e. The summed E-state index contributed by atoms with van der Waals surface area (Å²) < 4.78 is 4.58. The fraction of sp³-hybridized carbons (Fsp3) is 0.591. The molecule has 0 aliphatic heterocycles. The molecule has 0 radical (unpaired) electrons. The number of nitrogens with zero attached hydrogens (tertiary/aromatic N) is 2. The summed E-state index contributed by atoms with van der Waals surface area (Å²) in [7, 11) is 0. The molecule has 2 rings (SSSR count). The first-order chi connectivity index (χ1) is 11.8. The van der Waals surface area contributed by atoms with Gasteiger partial charge < -0.3 is 24.0 Å². The van der Waals surface area contributed by atoms with Gasteiger partial charge in [0, 0.05) is 0 Å². The van der Waals surface area contributed by atoms with Crippen LogP contribution in [0.25, 0.3) is 5.69 Å². The van der Waals surface area contributed by atoms with Gasteiger partial charge in [0.25, 0.3) is 0 Å². The van der Waals surface area contributed by atoms with Gasteiger partial charge in [0.2, 0.25) is 6.33 Å². The van der Waals surface area contributed by atoms with Crippen molar-refractivity contribution in [2.24, 2.45) is 0 Å². The molecule has 0 spiro atoms. The van der Waals surface area contributed by atoms with Crippen LogP contribution in [0.1, 0.15) is 77.2 Å². The molecule has 0 saturated heterocycles. The first-order valence-electron chi connectivity index (χ1n) is 10.0. The van der Waals surface area contributed by atoms with Crippen molar-refractivity contribution >= 4 is 0 Å². The Hall–Kier alpha value is -0.840. The highest BCUT2D eigenvalue weighted by molar-refractivity contribution is 5.40. The molecule has 0 unspecified atom stereocenters. The van der Waals surface area contributed by atoms with Crippen LogP contribution in [0.3, 0.4) is 0 Å². The Morgan fingerprint density at radius 2 is 1.48 bits per heavy atom. The molecule has 1 aromatic carbocycles. The lowest BCUT2D eigenvalue weighted by atomic mass is 10.1. The van der Waals surface area contributed by atoms with Gasteiger partial charge in [-0.05, 0) is 30.9 Å². The number of para-hydroxylation sites is 1. The van der Waals surface area contributed by atoms with Crippen molar-refractivity contribution in [3.8, 4) is 5.69 Å². The maximum absolute atomic E-state index is 2.33. The van der Waals surface area contributed by atoms with Gasteiger partial charge in [-0.25, -0.2) is 9.13 Å². The Labute approximate surface area is 171 Å². The number of benzene rings is 1. The number of aryl methyl sites for hydroxylation is 2. The normalized spacial score (nSPS) is 10.6. The Morgan fingerprint density at radius 3 is 2.16 bits per heavy atom. The van der Waals surface area contributed by atoms with E-state index in [4.69, 9.17) is 0 Å². The Balaban J connectivity index is 0.00000312. The number of halogens is 1. The zero-order valence-corrected chi connectivity index (χ0v) is 18.2. The summed E-state index contributed by atoms with van der Waals surface area (Å²) in [6, 6.07) is 8.68. The number of rotatable bonds is 12. The van der Waals surface area contributed by atoms with Crippen LogP contribution < -0.4 is 28.5 Å². The van der Waals surface area contributed by atoms with Crippen LogP contribution in [0, 0.1) is 0 Å². The predicted molar refractivity (Wildman–Crippen MR) is 103 cm³/mol. The minimum atomic E-state index is 0. The summed E-state index contributed by atoms with van der Waals surface area (Å²) in [6.45, 7) is 5.64. The second kappa shape index (κ2) is 13.4. The molecule has 0 amide bonds. The summed E-state index contributed by atoms with van der Waals surface area (Å²) in [6.07, 6.45) is 20.2. The van der Waals surface area contributed by atoms with Gasteiger partial charge in [0.05, 0.1) is 6.54 Å². The lowest BCUT2D eigenvalue weighted by molar-refractivity contribution is -0.696. The minimum absolute atomic E-state index is 0. The van der Waals surface area contributed by atoms with Crippen LogP contribution >= 0.6 is 0 Å².